The van der Waals surface area contributed by atoms with E-state index in [2.05, 4.69) is 63.6 Å². The lowest BCUT2D eigenvalue weighted by atomic mass is 9.60. The van der Waals surface area contributed by atoms with Gasteiger partial charge in [-0.25, -0.2) is 4.58 Å². The van der Waals surface area contributed by atoms with Gasteiger partial charge in [-0.05, 0) is 125 Å². The van der Waals surface area contributed by atoms with E-state index in [4.69, 9.17) is 6.58 Å². The standard InChI is InChI=1S/C42H68F3N2O/c1-26(2)38-15-14-33(35-16-27(3)22-46(8)25-35)19-40(38)31(7)39-20-34(13-12-28(39)4)41(48)11-9-10-32-17-36(42(43,44)45)21-37(18-32)47-23-29(5)30(6)24-47/h25,27-28,30,32-41,48H,1,5,7,9-24H2,2-4,6,8H3/q+1. The highest BCUT2D eigenvalue weighted by Gasteiger charge is 2.47. The zero-order valence-electron chi connectivity index (χ0n) is 31.0. The lowest BCUT2D eigenvalue weighted by Crippen LogP contribution is -2.43. The number of alkyl halides is 3. The first-order chi connectivity index (χ1) is 22.6. The molecule has 1 saturated heterocycles. The summed E-state index contributed by atoms with van der Waals surface area (Å²) < 4.78 is 44.5. The molecule has 3 saturated carbocycles. The molecule has 13 unspecified atom stereocenters. The minimum absolute atomic E-state index is 0.0173. The van der Waals surface area contributed by atoms with Crippen molar-refractivity contribution in [1.82, 2.24) is 4.90 Å². The molecule has 272 valence electrons. The minimum Gasteiger partial charge on any atom is -0.393 e. The van der Waals surface area contributed by atoms with Gasteiger partial charge in [-0.2, -0.15) is 13.2 Å². The molecule has 13 atom stereocenters. The van der Waals surface area contributed by atoms with E-state index in [0.717, 1.165) is 69.7 Å². The zero-order chi connectivity index (χ0) is 34.9. The molecule has 2 aliphatic heterocycles. The van der Waals surface area contributed by atoms with Gasteiger partial charge in [-0.15, -0.1) is 0 Å². The van der Waals surface area contributed by atoms with E-state index in [9.17, 15) is 18.3 Å². The molecule has 5 aliphatic rings. The van der Waals surface area contributed by atoms with Gasteiger partial charge in [0, 0.05) is 31.0 Å². The molecule has 0 spiro atoms. The molecule has 3 nitrogen and oxygen atoms in total. The van der Waals surface area contributed by atoms with E-state index in [1.54, 1.807) is 0 Å². The average Bonchev–Trinajstić information content (AvgIpc) is 3.37. The van der Waals surface area contributed by atoms with Crippen LogP contribution in [0.2, 0.25) is 0 Å². The van der Waals surface area contributed by atoms with Crippen LogP contribution >= 0.6 is 0 Å². The first-order valence-electron chi connectivity index (χ1n) is 19.7. The van der Waals surface area contributed by atoms with Crippen LogP contribution in [0.15, 0.2) is 36.5 Å². The summed E-state index contributed by atoms with van der Waals surface area (Å²) in [7, 11) is 2.23. The maximum Gasteiger partial charge on any atom is 0.391 e. The number of likely N-dealkylation sites (tertiary alicyclic amines) is 1. The lowest BCUT2D eigenvalue weighted by molar-refractivity contribution is -0.508. The topological polar surface area (TPSA) is 26.5 Å². The molecule has 0 aromatic rings. The van der Waals surface area contributed by atoms with E-state index < -0.39 is 18.2 Å². The van der Waals surface area contributed by atoms with Crippen LogP contribution in [0, 0.1) is 65.1 Å². The SMILES string of the molecule is C=C1CN(C2CC(CCCC(O)C3CCC(C)C(C(=C)C4CC(C5C=[N+](C)CC(C)C5)CCC4C(=C)C)C3)CC(C(F)(F)F)C2)CC1C. The van der Waals surface area contributed by atoms with Crippen LogP contribution in [-0.2, 0) is 0 Å². The molecule has 0 aromatic carbocycles. The summed E-state index contributed by atoms with van der Waals surface area (Å²) >= 11 is 0. The van der Waals surface area contributed by atoms with E-state index in [1.165, 1.54) is 36.8 Å². The highest BCUT2D eigenvalue weighted by molar-refractivity contribution is 5.56. The molecule has 5 rings (SSSR count). The average molecular weight is 674 g/mol. The molecule has 0 aromatic heterocycles. The summed E-state index contributed by atoms with van der Waals surface area (Å²) in [6.45, 7) is 25.3. The first kappa shape index (κ1) is 37.8. The van der Waals surface area contributed by atoms with Crippen molar-refractivity contribution in [2.75, 3.05) is 26.7 Å². The van der Waals surface area contributed by atoms with Crippen LogP contribution in [0.3, 0.4) is 0 Å². The summed E-state index contributed by atoms with van der Waals surface area (Å²) in [5, 5.41) is 11.5. The number of hydrogen-bond donors (Lipinski definition) is 1. The van der Waals surface area contributed by atoms with Crippen LogP contribution in [-0.4, -0.2) is 65.8 Å². The predicted molar refractivity (Wildman–Crippen MR) is 193 cm³/mol. The van der Waals surface area contributed by atoms with Gasteiger partial charge in [-0.1, -0.05) is 70.1 Å². The van der Waals surface area contributed by atoms with E-state index >= 15 is 0 Å². The summed E-state index contributed by atoms with van der Waals surface area (Å²) in [5.41, 5.74) is 3.84. The summed E-state index contributed by atoms with van der Waals surface area (Å²) in [6, 6.07) is -0.0173. The molecule has 1 N–H and O–H groups in total. The highest BCUT2D eigenvalue weighted by Crippen LogP contribution is 2.50. The molecule has 3 aliphatic carbocycles. The Hall–Kier alpha value is -1.40. The molecular weight excluding hydrogens is 605 g/mol. The van der Waals surface area contributed by atoms with Crippen molar-refractivity contribution in [2.45, 2.75) is 129 Å². The molecule has 48 heavy (non-hydrogen) atoms. The number of rotatable bonds is 10. The van der Waals surface area contributed by atoms with Gasteiger partial charge < -0.3 is 5.11 Å². The number of allylic oxidation sites excluding steroid dienone is 2. The van der Waals surface area contributed by atoms with Gasteiger partial charge in [0.1, 0.15) is 19.8 Å². The Kier molecular flexibility index (Phi) is 12.5. The molecule has 0 bridgehead atoms. The third kappa shape index (κ3) is 9.09. The minimum atomic E-state index is -4.14. The fraction of sp³-hybridized carbons (Fsp3) is 0.833. The smallest absolute Gasteiger partial charge is 0.391 e. The van der Waals surface area contributed by atoms with Crippen LogP contribution in [0.4, 0.5) is 13.2 Å². The molecule has 0 radical (unpaired) electrons. The number of halogens is 3. The molecule has 2 heterocycles. The van der Waals surface area contributed by atoms with Crippen molar-refractivity contribution in [1.29, 1.82) is 0 Å². The van der Waals surface area contributed by atoms with E-state index in [-0.39, 0.29) is 30.7 Å². The predicted octanol–water partition coefficient (Wildman–Crippen LogP) is 9.96. The van der Waals surface area contributed by atoms with E-state index in [1.807, 2.05) is 0 Å². The van der Waals surface area contributed by atoms with Gasteiger partial charge in [0.25, 0.3) is 0 Å². The summed E-state index contributed by atoms with van der Waals surface area (Å²) in [5.74, 6) is 3.42. The second kappa shape index (κ2) is 15.9. The first-order valence-corrected chi connectivity index (χ1v) is 19.7. The second-order valence-electron chi connectivity index (χ2n) is 17.9. The van der Waals surface area contributed by atoms with Crippen molar-refractivity contribution in [3.05, 3.63) is 36.5 Å². The maximum absolute atomic E-state index is 14.0. The van der Waals surface area contributed by atoms with Crippen LogP contribution in [0.1, 0.15) is 111 Å². The number of aliphatic hydroxyl groups is 1. The number of hydrogen-bond acceptors (Lipinski definition) is 2. The highest BCUT2D eigenvalue weighted by atomic mass is 19.4. The second-order valence-corrected chi connectivity index (χ2v) is 17.9. The third-order valence-electron chi connectivity index (χ3n) is 14.1. The summed E-state index contributed by atoms with van der Waals surface area (Å²) in [4.78, 5) is 2.27. The maximum atomic E-state index is 14.0. The number of nitrogens with zero attached hydrogens (tertiary/aromatic N) is 2. The van der Waals surface area contributed by atoms with Crippen LogP contribution in [0.25, 0.3) is 0 Å². The lowest BCUT2D eigenvalue weighted by Gasteiger charge is -2.45. The fourth-order valence-corrected chi connectivity index (χ4v) is 11.2. The van der Waals surface area contributed by atoms with Crippen molar-refractivity contribution >= 4 is 6.21 Å². The largest absolute Gasteiger partial charge is 0.393 e. The van der Waals surface area contributed by atoms with Gasteiger partial charge >= 0.3 is 6.18 Å². The fourth-order valence-electron chi connectivity index (χ4n) is 11.2. The summed E-state index contributed by atoms with van der Waals surface area (Å²) in [6.07, 6.45) is 9.60. The quantitative estimate of drug-likeness (QED) is 0.185. The third-order valence-corrected chi connectivity index (χ3v) is 14.1. The molecular formula is C42H68F3N2O+. The van der Waals surface area contributed by atoms with Crippen molar-refractivity contribution in [3.8, 4) is 0 Å². The van der Waals surface area contributed by atoms with Crippen molar-refractivity contribution < 1.29 is 22.9 Å². The van der Waals surface area contributed by atoms with Gasteiger partial charge in [0.2, 0.25) is 0 Å². The Labute approximate surface area is 291 Å². The van der Waals surface area contributed by atoms with E-state index in [0.29, 0.717) is 47.8 Å². The van der Waals surface area contributed by atoms with Gasteiger partial charge in [0.05, 0.1) is 12.0 Å². The Morgan fingerprint density at radius 2 is 1.73 bits per heavy atom. The number of aliphatic hydroxyl groups excluding tert-OH is 1. The Morgan fingerprint density at radius 3 is 2.38 bits per heavy atom. The molecule has 4 fully saturated rings. The Bertz CT molecular complexity index is 1180. The molecule has 0 amide bonds. The Balaban J connectivity index is 1.17. The van der Waals surface area contributed by atoms with Crippen LogP contribution < -0.4 is 0 Å². The van der Waals surface area contributed by atoms with Crippen molar-refractivity contribution in [3.63, 3.8) is 0 Å². The van der Waals surface area contributed by atoms with Crippen LogP contribution in [0.5, 0.6) is 0 Å². The Morgan fingerprint density at radius 1 is 0.979 bits per heavy atom. The zero-order valence-corrected chi connectivity index (χ0v) is 31.0. The monoisotopic (exact) mass is 674 g/mol. The molecule has 6 heteroatoms. The van der Waals surface area contributed by atoms with Gasteiger partial charge in [0.15, 0.2) is 0 Å². The van der Waals surface area contributed by atoms with Crippen molar-refractivity contribution in [2.24, 2.45) is 65.1 Å². The normalized spacial score (nSPS) is 40.8. The van der Waals surface area contributed by atoms with Gasteiger partial charge in [-0.3, -0.25) is 4.90 Å².